The van der Waals surface area contributed by atoms with Crippen molar-refractivity contribution in [3.63, 3.8) is 0 Å². The summed E-state index contributed by atoms with van der Waals surface area (Å²) in [6, 6.07) is 17.7. The van der Waals surface area contributed by atoms with Crippen LogP contribution in [0.5, 0.6) is 11.6 Å². The van der Waals surface area contributed by atoms with E-state index in [0.29, 0.717) is 22.1 Å². The van der Waals surface area contributed by atoms with Crippen molar-refractivity contribution in [2.75, 3.05) is 5.32 Å². The molecule has 4 rings (SSSR count). The first-order chi connectivity index (χ1) is 15.3. The van der Waals surface area contributed by atoms with Crippen LogP contribution in [-0.4, -0.2) is 15.9 Å². The molecule has 0 saturated heterocycles. The van der Waals surface area contributed by atoms with Gasteiger partial charge in [0.1, 0.15) is 23.8 Å². The fourth-order valence-corrected chi connectivity index (χ4v) is 3.07. The molecular weight excluding hydrogens is 421 g/mol. The fourth-order valence-electron chi connectivity index (χ4n) is 3.07. The van der Waals surface area contributed by atoms with E-state index in [1.54, 1.807) is 36.4 Å². The maximum absolute atomic E-state index is 12.9. The normalized spacial score (nSPS) is 11.1. The van der Waals surface area contributed by atoms with E-state index >= 15 is 0 Å². The van der Waals surface area contributed by atoms with Crippen molar-refractivity contribution in [1.82, 2.24) is 9.97 Å². The summed E-state index contributed by atoms with van der Waals surface area (Å²) in [4.78, 5) is 20.5. The lowest BCUT2D eigenvalue weighted by Gasteiger charge is -2.12. The predicted molar refractivity (Wildman–Crippen MR) is 110 cm³/mol. The minimum atomic E-state index is -4.51. The second-order valence-corrected chi connectivity index (χ2v) is 6.68. The summed E-state index contributed by atoms with van der Waals surface area (Å²) in [6.07, 6.45) is -3.29. The van der Waals surface area contributed by atoms with E-state index in [0.717, 1.165) is 12.1 Å². The molecule has 0 radical (unpaired) electrons. The zero-order chi connectivity index (χ0) is 22.7. The van der Waals surface area contributed by atoms with Gasteiger partial charge in [0, 0.05) is 17.3 Å². The lowest BCUT2D eigenvalue weighted by atomic mass is 10.0. The standard InChI is InChI=1S/C23H13F3N4O2/c24-23(25,26)15-4-2-5-16(10-15)30-22(31)20-6-1-3-14-9-18(7-8-19(14)20)32-21-11-17(12-27)28-13-29-21/h1-11,13H,(H,30,31). The molecule has 1 aromatic heterocycles. The summed E-state index contributed by atoms with van der Waals surface area (Å²) >= 11 is 0. The predicted octanol–water partition coefficient (Wildman–Crippen LogP) is 5.56. The number of benzene rings is 3. The quantitative estimate of drug-likeness (QED) is 0.454. The average Bonchev–Trinajstić information content (AvgIpc) is 2.78. The number of nitrogens with zero attached hydrogens (tertiary/aromatic N) is 3. The van der Waals surface area contributed by atoms with Crippen LogP contribution in [-0.2, 0) is 6.18 Å². The number of anilines is 1. The number of alkyl halides is 3. The second kappa shape index (κ2) is 8.35. The molecule has 0 spiro atoms. The van der Waals surface area contributed by atoms with Gasteiger partial charge in [0.2, 0.25) is 5.88 Å². The lowest BCUT2D eigenvalue weighted by molar-refractivity contribution is -0.137. The van der Waals surface area contributed by atoms with Crippen LogP contribution in [0.1, 0.15) is 21.6 Å². The molecule has 0 aliphatic rings. The number of hydrogen-bond donors (Lipinski definition) is 1. The number of rotatable bonds is 4. The zero-order valence-electron chi connectivity index (χ0n) is 16.2. The highest BCUT2D eigenvalue weighted by Crippen LogP contribution is 2.31. The monoisotopic (exact) mass is 434 g/mol. The third-order valence-corrected chi connectivity index (χ3v) is 4.52. The van der Waals surface area contributed by atoms with Crippen LogP contribution in [0.25, 0.3) is 10.8 Å². The van der Waals surface area contributed by atoms with Crippen LogP contribution >= 0.6 is 0 Å². The first kappa shape index (κ1) is 20.8. The van der Waals surface area contributed by atoms with E-state index in [9.17, 15) is 18.0 Å². The molecule has 1 heterocycles. The molecule has 0 bridgehead atoms. The first-order valence-corrected chi connectivity index (χ1v) is 9.25. The number of aromatic nitrogens is 2. The van der Waals surface area contributed by atoms with E-state index < -0.39 is 17.6 Å². The smallest absolute Gasteiger partial charge is 0.416 e. The van der Waals surface area contributed by atoms with E-state index in [2.05, 4.69) is 15.3 Å². The van der Waals surface area contributed by atoms with Gasteiger partial charge in [-0.2, -0.15) is 18.4 Å². The van der Waals surface area contributed by atoms with Gasteiger partial charge in [-0.25, -0.2) is 9.97 Å². The van der Waals surface area contributed by atoms with Crippen molar-refractivity contribution in [1.29, 1.82) is 5.26 Å². The number of ether oxygens (including phenoxy) is 1. The number of carbonyl (C=O) groups is 1. The Morgan fingerprint density at radius 2 is 1.81 bits per heavy atom. The molecule has 1 amide bonds. The van der Waals surface area contributed by atoms with Crippen LogP contribution in [0.2, 0.25) is 0 Å². The Labute approximate surface area is 179 Å². The summed E-state index contributed by atoms with van der Waals surface area (Å²) in [5.41, 5.74) is -0.359. The van der Waals surface area contributed by atoms with Gasteiger partial charge in [0.05, 0.1) is 5.56 Å². The highest BCUT2D eigenvalue weighted by molar-refractivity contribution is 6.13. The lowest BCUT2D eigenvalue weighted by Crippen LogP contribution is -2.13. The van der Waals surface area contributed by atoms with Gasteiger partial charge in [-0.05, 0) is 53.2 Å². The van der Waals surface area contributed by atoms with Gasteiger partial charge in [-0.15, -0.1) is 0 Å². The third kappa shape index (κ3) is 4.49. The van der Waals surface area contributed by atoms with Crippen LogP contribution < -0.4 is 10.1 Å². The molecule has 0 unspecified atom stereocenters. The van der Waals surface area contributed by atoms with Crippen molar-refractivity contribution in [2.45, 2.75) is 6.18 Å². The molecule has 0 atom stereocenters. The molecule has 6 nitrogen and oxygen atoms in total. The van der Waals surface area contributed by atoms with Gasteiger partial charge in [0.15, 0.2) is 0 Å². The van der Waals surface area contributed by atoms with E-state index in [4.69, 9.17) is 10.00 Å². The molecular formula is C23H13F3N4O2. The summed E-state index contributed by atoms with van der Waals surface area (Å²) in [6.45, 7) is 0. The van der Waals surface area contributed by atoms with Crippen LogP contribution in [0.4, 0.5) is 18.9 Å². The molecule has 0 fully saturated rings. The Balaban J connectivity index is 1.60. The average molecular weight is 434 g/mol. The number of hydrogen-bond acceptors (Lipinski definition) is 5. The van der Waals surface area contributed by atoms with E-state index in [1.165, 1.54) is 24.5 Å². The summed E-state index contributed by atoms with van der Waals surface area (Å²) < 4.78 is 44.4. The van der Waals surface area contributed by atoms with Crippen molar-refractivity contribution in [3.8, 4) is 17.7 Å². The zero-order valence-corrected chi connectivity index (χ0v) is 16.2. The van der Waals surface area contributed by atoms with Gasteiger partial charge in [-0.3, -0.25) is 4.79 Å². The summed E-state index contributed by atoms with van der Waals surface area (Å²) in [5, 5.41) is 12.7. The van der Waals surface area contributed by atoms with Crippen molar-refractivity contribution in [2.24, 2.45) is 0 Å². The Bertz CT molecular complexity index is 1360. The Kier molecular flexibility index (Phi) is 5.43. The minimum absolute atomic E-state index is 0.0406. The number of nitrogens with one attached hydrogen (secondary N) is 1. The highest BCUT2D eigenvalue weighted by atomic mass is 19.4. The van der Waals surface area contributed by atoms with Crippen LogP contribution in [0.3, 0.4) is 0 Å². The summed E-state index contributed by atoms with van der Waals surface area (Å²) in [7, 11) is 0. The molecule has 0 aliphatic carbocycles. The van der Waals surface area contributed by atoms with Gasteiger partial charge in [-0.1, -0.05) is 18.2 Å². The van der Waals surface area contributed by atoms with E-state index in [1.807, 2.05) is 6.07 Å². The largest absolute Gasteiger partial charge is 0.439 e. The van der Waals surface area contributed by atoms with Crippen LogP contribution in [0, 0.1) is 11.3 Å². The van der Waals surface area contributed by atoms with Crippen molar-refractivity contribution < 1.29 is 22.7 Å². The SMILES string of the molecule is N#Cc1cc(Oc2ccc3c(C(=O)Nc4cccc(C(F)(F)F)c4)cccc3c2)ncn1. The number of nitriles is 1. The summed E-state index contributed by atoms with van der Waals surface area (Å²) in [5.74, 6) is 0.0722. The molecule has 3 aromatic carbocycles. The Morgan fingerprint density at radius 1 is 1.00 bits per heavy atom. The van der Waals surface area contributed by atoms with E-state index in [-0.39, 0.29) is 17.3 Å². The van der Waals surface area contributed by atoms with Crippen molar-refractivity contribution >= 4 is 22.4 Å². The molecule has 9 heteroatoms. The minimum Gasteiger partial charge on any atom is -0.439 e. The Morgan fingerprint density at radius 3 is 2.59 bits per heavy atom. The third-order valence-electron chi connectivity index (χ3n) is 4.52. The molecule has 158 valence electrons. The molecule has 4 aromatic rings. The van der Waals surface area contributed by atoms with Gasteiger partial charge >= 0.3 is 6.18 Å². The number of carbonyl (C=O) groups excluding carboxylic acids is 1. The highest BCUT2D eigenvalue weighted by Gasteiger charge is 2.30. The maximum atomic E-state index is 12.9. The fraction of sp³-hybridized carbons (Fsp3) is 0.0435. The number of fused-ring (bicyclic) bond motifs is 1. The number of halogens is 3. The first-order valence-electron chi connectivity index (χ1n) is 9.25. The van der Waals surface area contributed by atoms with Crippen LogP contribution in [0.15, 0.2) is 73.1 Å². The molecule has 0 saturated carbocycles. The maximum Gasteiger partial charge on any atom is 0.416 e. The molecule has 1 N–H and O–H groups in total. The molecule has 0 aliphatic heterocycles. The topological polar surface area (TPSA) is 87.9 Å². The Hall–Kier alpha value is -4.45. The van der Waals surface area contributed by atoms with Crippen molar-refractivity contribution in [3.05, 3.63) is 89.9 Å². The van der Waals surface area contributed by atoms with Gasteiger partial charge in [0.25, 0.3) is 5.91 Å². The van der Waals surface area contributed by atoms with Gasteiger partial charge < -0.3 is 10.1 Å². The molecule has 32 heavy (non-hydrogen) atoms. The second-order valence-electron chi connectivity index (χ2n) is 6.68. The number of amides is 1.